The van der Waals surface area contributed by atoms with Gasteiger partial charge in [-0.05, 0) is 62.3 Å². The summed E-state index contributed by atoms with van der Waals surface area (Å²) < 4.78 is 0. The number of thiocarbonyl (C=S) groups is 2. The SMILES string of the molecule is CC(Cc1ccc(CC(C)N=C=S)cc1)N=C=S. The van der Waals surface area contributed by atoms with Gasteiger partial charge in [0, 0.05) is 0 Å². The zero-order chi connectivity index (χ0) is 13.4. The van der Waals surface area contributed by atoms with E-state index in [-0.39, 0.29) is 12.1 Å². The summed E-state index contributed by atoms with van der Waals surface area (Å²) in [5.41, 5.74) is 2.51. The first-order valence-electron chi connectivity index (χ1n) is 5.87. The van der Waals surface area contributed by atoms with Crippen molar-refractivity contribution in [2.75, 3.05) is 0 Å². The lowest BCUT2D eigenvalue weighted by Gasteiger charge is -2.08. The van der Waals surface area contributed by atoms with Crippen molar-refractivity contribution in [3.05, 3.63) is 35.4 Å². The van der Waals surface area contributed by atoms with Gasteiger partial charge in [0.25, 0.3) is 0 Å². The van der Waals surface area contributed by atoms with E-state index in [1.807, 2.05) is 13.8 Å². The minimum Gasteiger partial charge on any atom is -0.229 e. The molecule has 0 heterocycles. The molecular formula is C14H16N2S2. The zero-order valence-corrected chi connectivity index (χ0v) is 12.2. The van der Waals surface area contributed by atoms with Gasteiger partial charge in [-0.25, -0.2) is 9.98 Å². The molecule has 0 N–H and O–H groups in total. The molecule has 0 aliphatic heterocycles. The van der Waals surface area contributed by atoms with Gasteiger partial charge in [-0.15, -0.1) is 0 Å². The van der Waals surface area contributed by atoms with E-state index in [1.165, 1.54) is 11.1 Å². The van der Waals surface area contributed by atoms with Gasteiger partial charge < -0.3 is 0 Å². The predicted molar refractivity (Wildman–Crippen MR) is 82.8 cm³/mol. The number of hydrogen-bond acceptors (Lipinski definition) is 4. The summed E-state index contributed by atoms with van der Waals surface area (Å²) in [4.78, 5) is 8.09. The summed E-state index contributed by atoms with van der Waals surface area (Å²) in [7, 11) is 0. The van der Waals surface area contributed by atoms with E-state index in [9.17, 15) is 0 Å². The molecule has 1 aromatic carbocycles. The molecule has 2 atom stereocenters. The molecule has 0 aliphatic carbocycles. The number of benzene rings is 1. The molecule has 0 amide bonds. The number of aliphatic imine (C=N–C) groups is 2. The number of hydrogen-bond donors (Lipinski definition) is 0. The lowest BCUT2D eigenvalue weighted by molar-refractivity contribution is 0.737. The van der Waals surface area contributed by atoms with E-state index in [4.69, 9.17) is 0 Å². The van der Waals surface area contributed by atoms with E-state index >= 15 is 0 Å². The standard InChI is InChI=1S/C14H16N2S2/c1-11(15-9-17)7-13-3-5-14(6-4-13)8-12(2)16-10-18/h3-6,11-12H,7-8H2,1-2H3. The molecule has 0 aliphatic rings. The monoisotopic (exact) mass is 276 g/mol. The maximum absolute atomic E-state index is 4.60. The Balaban J connectivity index is 2.62. The molecule has 2 unspecified atom stereocenters. The first-order chi connectivity index (χ1) is 8.65. The average Bonchev–Trinajstić information content (AvgIpc) is 2.32. The highest BCUT2D eigenvalue weighted by Crippen LogP contribution is 2.10. The third kappa shape index (κ3) is 5.44. The molecule has 1 aromatic rings. The van der Waals surface area contributed by atoms with Crippen LogP contribution in [0, 0.1) is 0 Å². The Bertz CT molecular complexity index is 424. The van der Waals surface area contributed by atoms with Gasteiger partial charge in [0.1, 0.15) is 0 Å². The first-order valence-corrected chi connectivity index (χ1v) is 6.69. The molecule has 0 bridgehead atoms. The Morgan fingerprint density at radius 1 is 0.889 bits per heavy atom. The van der Waals surface area contributed by atoms with Crippen molar-refractivity contribution < 1.29 is 0 Å². The summed E-state index contributed by atoms with van der Waals surface area (Å²) in [6, 6.07) is 8.87. The molecule has 0 saturated heterocycles. The molecule has 0 spiro atoms. The Hall–Kier alpha value is -1.18. The molecular weight excluding hydrogens is 260 g/mol. The second-order valence-electron chi connectivity index (χ2n) is 4.36. The Morgan fingerprint density at radius 2 is 1.22 bits per heavy atom. The van der Waals surface area contributed by atoms with Crippen molar-refractivity contribution in [3.63, 3.8) is 0 Å². The molecule has 18 heavy (non-hydrogen) atoms. The van der Waals surface area contributed by atoms with Gasteiger partial charge in [-0.1, -0.05) is 24.3 Å². The summed E-state index contributed by atoms with van der Waals surface area (Å²) in [5, 5.41) is 4.84. The van der Waals surface area contributed by atoms with Crippen LogP contribution in [-0.2, 0) is 12.8 Å². The van der Waals surface area contributed by atoms with Crippen LogP contribution in [0.1, 0.15) is 25.0 Å². The fourth-order valence-electron chi connectivity index (χ4n) is 1.76. The normalized spacial score (nSPS) is 13.0. The van der Waals surface area contributed by atoms with Crippen molar-refractivity contribution in [1.29, 1.82) is 0 Å². The van der Waals surface area contributed by atoms with Gasteiger partial charge >= 0.3 is 0 Å². The van der Waals surface area contributed by atoms with Crippen LogP contribution in [0.25, 0.3) is 0 Å². The van der Waals surface area contributed by atoms with Crippen LogP contribution in [0.15, 0.2) is 34.3 Å². The van der Waals surface area contributed by atoms with E-state index < -0.39 is 0 Å². The summed E-state index contributed by atoms with van der Waals surface area (Å²) in [6.07, 6.45) is 1.77. The van der Waals surface area contributed by atoms with Crippen LogP contribution < -0.4 is 0 Å². The van der Waals surface area contributed by atoms with Gasteiger partial charge in [0.05, 0.1) is 22.4 Å². The third-order valence-electron chi connectivity index (χ3n) is 2.63. The predicted octanol–water partition coefficient (Wildman–Crippen LogP) is 3.75. The van der Waals surface area contributed by atoms with Gasteiger partial charge in [0.15, 0.2) is 0 Å². The van der Waals surface area contributed by atoms with E-state index in [0.29, 0.717) is 0 Å². The fraction of sp³-hybridized carbons (Fsp3) is 0.429. The average molecular weight is 276 g/mol. The number of nitrogens with zero attached hydrogens (tertiary/aromatic N) is 2. The lowest BCUT2D eigenvalue weighted by Crippen LogP contribution is -2.04. The zero-order valence-electron chi connectivity index (χ0n) is 10.6. The van der Waals surface area contributed by atoms with Crippen molar-refractivity contribution in [3.8, 4) is 0 Å². The van der Waals surface area contributed by atoms with Crippen LogP contribution in [-0.4, -0.2) is 22.4 Å². The summed E-state index contributed by atoms with van der Waals surface area (Å²) >= 11 is 9.19. The Kier molecular flexibility index (Phi) is 6.63. The van der Waals surface area contributed by atoms with Crippen molar-refractivity contribution in [2.45, 2.75) is 38.8 Å². The Morgan fingerprint density at radius 3 is 1.50 bits per heavy atom. The number of isothiocyanates is 2. The second kappa shape index (κ2) is 8.02. The molecule has 1 rings (SSSR count). The molecule has 4 heteroatoms. The minimum atomic E-state index is 0.187. The van der Waals surface area contributed by atoms with Crippen LogP contribution >= 0.6 is 24.4 Å². The van der Waals surface area contributed by atoms with Crippen LogP contribution in [0.3, 0.4) is 0 Å². The number of rotatable bonds is 6. The highest BCUT2D eigenvalue weighted by Gasteiger charge is 2.03. The maximum Gasteiger partial charge on any atom is 0.0614 e. The third-order valence-corrected chi connectivity index (χ3v) is 2.84. The molecule has 0 saturated carbocycles. The summed E-state index contributed by atoms with van der Waals surface area (Å²) in [5.74, 6) is 0. The van der Waals surface area contributed by atoms with E-state index in [1.54, 1.807) is 0 Å². The van der Waals surface area contributed by atoms with Crippen LogP contribution in [0.4, 0.5) is 0 Å². The van der Waals surface area contributed by atoms with E-state index in [2.05, 4.69) is 69.0 Å². The second-order valence-corrected chi connectivity index (χ2v) is 4.73. The Labute approximate surface area is 119 Å². The van der Waals surface area contributed by atoms with E-state index in [0.717, 1.165) is 12.8 Å². The highest BCUT2D eigenvalue weighted by atomic mass is 32.1. The van der Waals surface area contributed by atoms with Gasteiger partial charge in [0.2, 0.25) is 0 Å². The highest BCUT2D eigenvalue weighted by molar-refractivity contribution is 7.78. The van der Waals surface area contributed by atoms with Crippen LogP contribution in [0.5, 0.6) is 0 Å². The quantitative estimate of drug-likeness (QED) is 0.584. The molecule has 0 fully saturated rings. The maximum atomic E-state index is 4.60. The smallest absolute Gasteiger partial charge is 0.0614 e. The molecule has 94 valence electrons. The first kappa shape index (κ1) is 14.9. The fourth-order valence-corrected chi connectivity index (χ4v) is 2.12. The molecule has 0 aromatic heterocycles. The topological polar surface area (TPSA) is 24.7 Å². The van der Waals surface area contributed by atoms with Crippen molar-refractivity contribution in [2.24, 2.45) is 9.98 Å². The van der Waals surface area contributed by atoms with Gasteiger partial charge in [-0.3, -0.25) is 0 Å². The van der Waals surface area contributed by atoms with Crippen LogP contribution in [0.2, 0.25) is 0 Å². The van der Waals surface area contributed by atoms with Crippen molar-refractivity contribution in [1.82, 2.24) is 0 Å². The molecule has 0 radical (unpaired) electrons. The van der Waals surface area contributed by atoms with Crippen molar-refractivity contribution >= 4 is 34.8 Å². The van der Waals surface area contributed by atoms with Gasteiger partial charge in [-0.2, -0.15) is 0 Å². The largest absolute Gasteiger partial charge is 0.229 e. The minimum absolute atomic E-state index is 0.187. The summed E-state index contributed by atoms with van der Waals surface area (Å²) in [6.45, 7) is 4.06. The lowest BCUT2D eigenvalue weighted by atomic mass is 10.0. The molecule has 2 nitrogen and oxygen atoms in total.